The Hall–Kier alpha value is -1.63. The van der Waals surface area contributed by atoms with Crippen LogP contribution in [0.25, 0.3) is 0 Å². The number of nitrogens with two attached hydrogens (primary N) is 1. The third-order valence-corrected chi connectivity index (χ3v) is 2.76. The van der Waals surface area contributed by atoms with E-state index in [2.05, 4.69) is 10.7 Å². The van der Waals surface area contributed by atoms with Crippen LogP contribution in [-0.4, -0.2) is 39.4 Å². The van der Waals surface area contributed by atoms with E-state index in [0.717, 1.165) is 12.0 Å². The second-order valence-corrected chi connectivity index (χ2v) is 4.41. The molecule has 0 bridgehead atoms. The van der Waals surface area contributed by atoms with Crippen LogP contribution in [0.15, 0.2) is 18.2 Å². The molecular formula is C14H23N3O3. The Balaban J connectivity index is 2.32. The first-order chi connectivity index (χ1) is 9.69. The third-order valence-electron chi connectivity index (χ3n) is 2.76. The minimum Gasteiger partial charge on any atom is -0.382 e. The van der Waals surface area contributed by atoms with Crippen LogP contribution in [-0.2, 0) is 9.47 Å². The first-order valence-corrected chi connectivity index (χ1v) is 6.61. The summed E-state index contributed by atoms with van der Waals surface area (Å²) in [6.45, 7) is 4.26. The van der Waals surface area contributed by atoms with E-state index in [4.69, 9.17) is 15.3 Å². The highest BCUT2D eigenvalue weighted by molar-refractivity contribution is 5.99. The number of ether oxygens (including phenoxy) is 2. The van der Waals surface area contributed by atoms with Crippen LogP contribution in [0.5, 0.6) is 0 Å². The number of hydrazine groups is 1. The predicted octanol–water partition coefficient (Wildman–Crippen LogP) is 1.06. The lowest BCUT2D eigenvalue weighted by atomic mass is 10.1. The molecule has 1 aromatic carbocycles. The number of amides is 1. The Kier molecular flexibility index (Phi) is 7.64. The van der Waals surface area contributed by atoms with Crippen molar-refractivity contribution in [3.05, 3.63) is 29.3 Å². The summed E-state index contributed by atoms with van der Waals surface area (Å²) >= 11 is 0. The van der Waals surface area contributed by atoms with E-state index >= 15 is 0 Å². The number of nitrogen functional groups attached to an aromatic ring is 1. The number of rotatable bonds is 9. The highest BCUT2D eigenvalue weighted by Gasteiger charge is 2.10. The molecule has 0 aliphatic carbocycles. The maximum Gasteiger partial charge on any atom is 0.253 e. The average molecular weight is 281 g/mol. The zero-order valence-electron chi connectivity index (χ0n) is 12.1. The van der Waals surface area contributed by atoms with Gasteiger partial charge in [0.05, 0.1) is 24.5 Å². The summed E-state index contributed by atoms with van der Waals surface area (Å²) in [6.07, 6.45) is 0.757. The van der Waals surface area contributed by atoms with E-state index in [1.54, 1.807) is 13.2 Å². The van der Waals surface area contributed by atoms with Crippen molar-refractivity contribution in [2.24, 2.45) is 5.84 Å². The molecule has 0 spiro atoms. The molecule has 0 aliphatic heterocycles. The summed E-state index contributed by atoms with van der Waals surface area (Å²) in [5.41, 5.74) is 4.75. The normalized spacial score (nSPS) is 10.3. The van der Waals surface area contributed by atoms with Crippen molar-refractivity contribution < 1.29 is 14.3 Å². The highest BCUT2D eigenvalue weighted by atomic mass is 16.5. The number of benzene rings is 1. The van der Waals surface area contributed by atoms with Gasteiger partial charge in [-0.2, -0.15) is 0 Å². The topological polar surface area (TPSA) is 85.6 Å². The number of methoxy groups -OCH3 is 1. The van der Waals surface area contributed by atoms with Crippen molar-refractivity contribution in [1.82, 2.24) is 5.32 Å². The first-order valence-electron chi connectivity index (χ1n) is 6.61. The van der Waals surface area contributed by atoms with Crippen molar-refractivity contribution in [2.45, 2.75) is 13.3 Å². The zero-order chi connectivity index (χ0) is 14.8. The fraction of sp³-hybridized carbons (Fsp3) is 0.500. The molecule has 6 nitrogen and oxygen atoms in total. The summed E-state index contributed by atoms with van der Waals surface area (Å²) in [5.74, 6) is 5.27. The Morgan fingerprint density at radius 2 is 2.10 bits per heavy atom. The maximum atomic E-state index is 12.0. The molecule has 1 amide bonds. The van der Waals surface area contributed by atoms with Crippen LogP contribution in [0.1, 0.15) is 22.3 Å². The van der Waals surface area contributed by atoms with Gasteiger partial charge < -0.3 is 20.2 Å². The van der Waals surface area contributed by atoms with Gasteiger partial charge in [0.25, 0.3) is 5.91 Å². The van der Waals surface area contributed by atoms with Crippen LogP contribution in [0.3, 0.4) is 0 Å². The minimum atomic E-state index is -0.144. The summed E-state index contributed by atoms with van der Waals surface area (Å²) in [7, 11) is 1.63. The van der Waals surface area contributed by atoms with Crippen molar-refractivity contribution in [3.63, 3.8) is 0 Å². The molecule has 0 fully saturated rings. The zero-order valence-corrected chi connectivity index (χ0v) is 12.1. The molecule has 20 heavy (non-hydrogen) atoms. The number of hydrogen-bond donors (Lipinski definition) is 3. The van der Waals surface area contributed by atoms with Crippen LogP contribution in [0, 0.1) is 6.92 Å². The quantitative estimate of drug-likeness (QED) is 0.358. The van der Waals surface area contributed by atoms with Gasteiger partial charge in [0, 0.05) is 20.3 Å². The van der Waals surface area contributed by atoms with Gasteiger partial charge >= 0.3 is 0 Å². The van der Waals surface area contributed by atoms with Gasteiger partial charge in [-0.1, -0.05) is 6.07 Å². The van der Waals surface area contributed by atoms with Gasteiger partial charge in [-0.15, -0.1) is 0 Å². The van der Waals surface area contributed by atoms with Crippen molar-refractivity contribution in [2.75, 3.05) is 38.9 Å². The Labute approximate surface area is 119 Å². The van der Waals surface area contributed by atoms with E-state index in [1.165, 1.54) is 0 Å². The Morgan fingerprint density at radius 3 is 2.80 bits per heavy atom. The first kappa shape index (κ1) is 16.4. The number of carbonyl (C=O) groups is 1. The fourth-order valence-electron chi connectivity index (χ4n) is 1.69. The molecule has 0 radical (unpaired) electrons. The Bertz CT molecular complexity index is 424. The fourth-order valence-corrected chi connectivity index (χ4v) is 1.69. The largest absolute Gasteiger partial charge is 0.382 e. The summed E-state index contributed by atoms with van der Waals surface area (Å²) < 4.78 is 10.2. The standard InChI is InChI=1S/C14H23N3O3/c1-11-4-5-12(13(10-11)17-15)14(18)16-6-3-7-20-9-8-19-2/h4-5,10,17H,3,6-9,15H2,1-2H3,(H,16,18). The van der Waals surface area contributed by atoms with Gasteiger partial charge in [0.1, 0.15) is 0 Å². The lowest BCUT2D eigenvalue weighted by Crippen LogP contribution is -2.27. The molecular weight excluding hydrogens is 258 g/mol. The SMILES string of the molecule is COCCOCCCNC(=O)c1ccc(C)cc1NN. The van der Waals surface area contributed by atoms with Crippen LogP contribution < -0.4 is 16.6 Å². The molecule has 0 atom stereocenters. The van der Waals surface area contributed by atoms with E-state index in [0.29, 0.717) is 37.6 Å². The lowest BCUT2D eigenvalue weighted by molar-refractivity contribution is 0.0688. The molecule has 1 rings (SSSR count). The molecule has 0 aliphatic rings. The van der Waals surface area contributed by atoms with Crippen LogP contribution >= 0.6 is 0 Å². The number of nitrogens with one attached hydrogen (secondary N) is 2. The number of carbonyl (C=O) groups excluding carboxylic acids is 1. The molecule has 0 saturated heterocycles. The molecule has 0 aromatic heterocycles. The number of hydrogen-bond acceptors (Lipinski definition) is 5. The monoisotopic (exact) mass is 281 g/mol. The Morgan fingerprint density at radius 1 is 1.30 bits per heavy atom. The van der Waals surface area contributed by atoms with Crippen molar-refractivity contribution in [1.29, 1.82) is 0 Å². The molecule has 0 saturated carbocycles. The van der Waals surface area contributed by atoms with Gasteiger partial charge in [0.2, 0.25) is 0 Å². The number of aryl methyl sites for hydroxylation is 1. The minimum absolute atomic E-state index is 0.144. The van der Waals surface area contributed by atoms with Crippen LogP contribution in [0.2, 0.25) is 0 Å². The summed E-state index contributed by atoms with van der Waals surface area (Å²) in [5, 5.41) is 2.84. The lowest BCUT2D eigenvalue weighted by Gasteiger charge is -2.10. The number of anilines is 1. The van der Waals surface area contributed by atoms with E-state index < -0.39 is 0 Å². The second-order valence-electron chi connectivity index (χ2n) is 4.41. The maximum absolute atomic E-state index is 12.0. The summed E-state index contributed by atoms with van der Waals surface area (Å²) in [6, 6.07) is 5.47. The van der Waals surface area contributed by atoms with E-state index in [9.17, 15) is 4.79 Å². The molecule has 4 N–H and O–H groups in total. The van der Waals surface area contributed by atoms with Gasteiger partial charge in [-0.3, -0.25) is 10.6 Å². The van der Waals surface area contributed by atoms with Crippen molar-refractivity contribution >= 4 is 11.6 Å². The van der Waals surface area contributed by atoms with E-state index in [1.807, 2.05) is 19.1 Å². The predicted molar refractivity (Wildman–Crippen MR) is 78.6 cm³/mol. The highest BCUT2D eigenvalue weighted by Crippen LogP contribution is 2.16. The van der Waals surface area contributed by atoms with Crippen molar-refractivity contribution in [3.8, 4) is 0 Å². The smallest absolute Gasteiger partial charge is 0.253 e. The second kappa shape index (κ2) is 9.30. The molecule has 1 aromatic rings. The van der Waals surface area contributed by atoms with Crippen LogP contribution in [0.4, 0.5) is 5.69 Å². The molecule has 0 heterocycles. The van der Waals surface area contributed by atoms with E-state index in [-0.39, 0.29) is 5.91 Å². The van der Waals surface area contributed by atoms with Gasteiger partial charge in [-0.25, -0.2) is 0 Å². The average Bonchev–Trinajstić information content (AvgIpc) is 2.45. The summed E-state index contributed by atoms with van der Waals surface area (Å²) in [4.78, 5) is 12.0. The molecule has 0 unspecified atom stereocenters. The molecule has 6 heteroatoms. The molecule has 112 valence electrons. The van der Waals surface area contributed by atoms with Gasteiger partial charge in [0.15, 0.2) is 0 Å². The third kappa shape index (κ3) is 5.56. The van der Waals surface area contributed by atoms with Gasteiger partial charge in [-0.05, 0) is 31.0 Å².